The molecule has 1 N–H and O–H groups in total. The number of aliphatic hydroxyl groups excluding tert-OH is 1. The number of hydrogen-bond donors (Lipinski definition) is 1. The van der Waals surface area contributed by atoms with Gasteiger partial charge in [0.15, 0.2) is 5.75 Å². The van der Waals surface area contributed by atoms with Crippen LogP contribution in [-0.2, 0) is 0 Å². The van der Waals surface area contributed by atoms with E-state index < -0.39 is 4.92 Å². The predicted molar refractivity (Wildman–Crippen MR) is 61.6 cm³/mol. The Kier molecular flexibility index (Phi) is 3.15. The topological polar surface area (TPSA) is 92.7 Å². The van der Waals surface area contributed by atoms with Gasteiger partial charge in [0, 0.05) is 24.2 Å². The average Bonchev–Trinajstić information content (AvgIpc) is 3.16. The third-order valence-electron chi connectivity index (χ3n) is 2.81. The van der Waals surface area contributed by atoms with E-state index in [0.717, 1.165) is 0 Å². The van der Waals surface area contributed by atoms with Gasteiger partial charge in [-0.15, -0.1) is 0 Å². The molecule has 1 aromatic carbocycles. The molecule has 96 valence electrons. The van der Waals surface area contributed by atoms with Gasteiger partial charge in [-0.05, 0) is 6.07 Å². The molecule has 1 amide bonds. The van der Waals surface area contributed by atoms with Crippen LogP contribution in [0.4, 0.5) is 5.69 Å². The van der Waals surface area contributed by atoms with E-state index in [1.807, 2.05) is 0 Å². The summed E-state index contributed by atoms with van der Waals surface area (Å²) in [5.41, 5.74) is 0.131. The van der Waals surface area contributed by atoms with Gasteiger partial charge in [0.05, 0.1) is 24.7 Å². The second kappa shape index (κ2) is 4.61. The number of aliphatic hydroxyl groups is 1. The average molecular weight is 252 g/mol. The number of methoxy groups -OCH3 is 1. The lowest BCUT2D eigenvalue weighted by atomic mass is 10.1. The monoisotopic (exact) mass is 252 g/mol. The second-order valence-electron chi connectivity index (χ2n) is 3.94. The first-order valence-corrected chi connectivity index (χ1v) is 5.32. The Balaban J connectivity index is 2.25. The van der Waals surface area contributed by atoms with E-state index in [0.29, 0.717) is 12.1 Å². The Hall–Kier alpha value is -2.15. The van der Waals surface area contributed by atoms with Crippen LogP contribution in [-0.4, -0.2) is 47.1 Å². The summed E-state index contributed by atoms with van der Waals surface area (Å²) in [6, 6.07) is 3.82. The molecule has 0 aromatic heterocycles. The number of benzene rings is 1. The van der Waals surface area contributed by atoms with Crippen molar-refractivity contribution in [1.82, 2.24) is 4.90 Å². The van der Waals surface area contributed by atoms with Crippen molar-refractivity contribution in [2.75, 3.05) is 20.3 Å². The summed E-state index contributed by atoms with van der Waals surface area (Å²) in [6.07, 6.45) is 0. The number of rotatable bonds is 4. The molecule has 1 aromatic rings. The van der Waals surface area contributed by atoms with E-state index in [9.17, 15) is 14.9 Å². The molecule has 1 aliphatic heterocycles. The van der Waals surface area contributed by atoms with Crippen LogP contribution in [0.2, 0.25) is 0 Å². The summed E-state index contributed by atoms with van der Waals surface area (Å²) in [5.74, 6) is -0.213. The van der Waals surface area contributed by atoms with E-state index in [-0.39, 0.29) is 30.0 Å². The Morgan fingerprint density at radius 2 is 2.39 bits per heavy atom. The number of hydrogen-bond acceptors (Lipinski definition) is 5. The van der Waals surface area contributed by atoms with E-state index in [1.54, 1.807) is 0 Å². The second-order valence-corrected chi connectivity index (χ2v) is 3.94. The minimum Gasteiger partial charge on any atom is -0.490 e. The lowest BCUT2D eigenvalue weighted by molar-refractivity contribution is -0.385. The number of nitrogens with zero attached hydrogens (tertiary/aromatic N) is 2. The summed E-state index contributed by atoms with van der Waals surface area (Å²) in [5, 5.41) is 19.6. The van der Waals surface area contributed by atoms with Crippen LogP contribution in [0.1, 0.15) is 10.4 Å². The molecule has 18 heavy (non-hydrogen) atoms. The Morgan fingerprint density at radius 3 is 2.89 bits per heavy atom. The van der Waals surface area contributed by atoms with E-state index in [4.69, 9.17) is 9.84 Å². The minimum absolute atomic E-state index is 0.0493. The highest BCUT2D eigenvalue weighted by Gasteiger charge is 2.38. The molecule has 7 heteroatoms. The van der Waals surface area contributed by atoms with Gasteiger partial charge < -0.3 is 14.7 Å². The highest BCUT2D eigenvalue weighted by molar-refractivity contribution is 5.96. The molecule has 1 saturated heterocycles. The SMILES string of the molecule is COc1cc(C(=O)N2C[C@@H]2CO)ccc1[N+](=O)[O-]. The van der Waals surface area contributed by atoms with Crippen molar-refractivity contribution in [2.24, 2.45) is 0 Å². The standard InChI is InChI=1S/C11H12N2O5/c1-18-10-4-7(2-3-9(10)13(16)17)11(15)12-5-8(12)6-14/h2-4,8,14H,5-6H2,1H3/t8-,12?/m1/s1. The fourth-order valence-electron chi connectivity index (χ4n) is 1.71. The molecule has 0 spiro atoms. The van der Waals surface area contributed by atoms with Gasteiger partial charge in [-0.3, -0.25) is 14.9 Å². The fraction of sp³-hybridized carbons (Fsp3) is 0.364. The van der Waals surface area contributed by atoms with Crippen LogP contribution in [0.25, 0.3) is 0 Å². The zero-order valence-corrected chi connectivity index (χ0v) is 9.70. The number of ether oxygens (including phenoxy) is 1. The van der Waals surface area contributed by atoms with Crippen molar-refractivity contribution in [3.63, 3.8) is 0 Å². The summed E-state index contributed by atoms with van der Waals surface area (Å²) in [4.78, 5) is 23.5. The smallest absolute Gasteiger partial charge is 0.310 e. The quantitative estimate of drug-likeness (QED) is 0.476. The molecule has 1 atom stereocenters. The van der Waals surface area contributed by atoms with Crippen LogP contribution in [0.15, 0.2) is 18.2 Å². The first kappa shape index (κ1) is 12.3. The third kappa shape index (κ3) is 2.12. The Bertz CT molecular complexity index is 502. The predicted octanol–water partition coefficient (Wildman–Crippen LogP) is 0.420. The summed E-state index contributed by atoms with van der Waals surface area (Å²) < 4.78 is 4.89. The maximum absolute atomic E-state index is 11.9. The van der Waals surface area contributed by atoms with E-state index >= 15 is 0 Å². The highest BCUT2D eigenvalue weighted by atomic mass is 16.6. The molecule has 2 rings (SSSR count). The van der Waals surface area contributed by atoms with Gasteiger partial charge in [-0.2, -0.15) is 0 Å². The van der Waals surface area contributed by atoms with Crippen molar-refractivity contribution < 1.29 is 19.6 Å². The fourth-order valence-corrected chi connectivity index (χ4v) is 1.71. The van der Waals surface area contributed by atoms with Crippen LogP contribution in [0.5, 0.6) is 5.75 Å². The van der Waals surface area contributed by atoms with Crippen LogP contribution >= 0.6 is 0 Å². The van der Waals surface area contributed by atoms with Gasteiger partial charge in [0.2, 0.25) is 0 Å². The normalized spacial score (nSPS) is 17.4. The summed E-state index contributed by atoms with van der Waals surface area (Å²) >= 11 is 0. The van der Waals surface area contributed by atoms with Gasteiger partial charge in [0.25, 0.3) is 5.91 Å². The first-order chi connectivity index (χ1) is 8.58. The Labute approximate surface area is 103 Å². The largest absolute Gasteiger partial charge is 0.490 e. The maximum atomic E-state index is 11.9. The highest BCUT2D eigenvalue weighted by Crippen LogP contribution is 2.29. The van der Waals surface area contributed by atoms with Crippen molar-refractivity contribution in [2.45, 2.75) is 6.04 Å². The molecule has 0 bridgehead atoms. The van der Waals surface area contributed by atoms with Gasteiger partial charge >= 0.3 is 5.69 Å². The first-order valence-electron chi connectivity index (χ1n) is 5.32. The number of carbonyl (C=O) groups excluding carboxylic acids is 1. The molecule has 0 saturated carbocycles. The third-order valence-corrected chi connectivity index (χ3v) is 2.81. The van der Waals surface area contributed by atoms with E-state index in [1.165, 1.54) is 30.2 Å². The summed E-state index contributed by atoms with van der Waals surface area (Å²) in [6.45, 7) is 0.435. The van der Waals surface area contributed by atoms with Crippen LogP contribution in [0, 0.1) is 10.1 Å². The molecule has 1 aliphatic rings. The lowest BCUT2D eigenvalue weighted by Gasteiger charge is -2.06. The van der Waals surface area contributed by atoms with Crippen LogP contribution < -0.4 is 4.74 Å². The van der Waals surface area contributed by atoms with E-state index in [2.05, 4.69) is 0 Å². The van der Waals surface area contributed by atoms with Crippen molar-refractivity contribution >= 4 is 11.6 Å². The molecule has 7 nitrogen and oxygen atoms in total. The molecule has 1 heterocycles. The van der Waals surface area contributed by atoms with Gasteiger partial charge in [-0.25, -0.2) is 0 Å². The van der Waals surface area contributed by atoms with Crippen molar-refractivity contribution in [3.8, 4) is 5.75 Å². The zero-order chi connectivity index (χ0) is 13.3. The molecule has 0 aliphatic carbocycles. The number of nitro groups is 1. The lowest BCUT2D eigenvalue weighted by Crippen LogP contribution is -2.15. The molecular weight excluding hydrogens is 240 g/mol. The van der Waals surface area contributed by atoms with Gasteiger partial charge in [-0.1, -0.05) is 0 Å². The zero-order valence-electron chi connectivity index (χ0n) is 9.70. The number of carbonyl (C=O) groups is 1. The number of nitro benzene ring substituents is 1. The molecule has 1 fully saturated rings. The number of amides is 1. The van der Waals surface area contributed by atoms with Crippen LogP contribution in [0.3, 0.4) is 0 Å². The molecular formula is C11H12N2O5. The Morgan fingerprint density at radius 1 is 1.67 bits per heavy atom. The molecule has 0 unspecified atom stereocenters. The van der Waals surface area contributed by atoms with Crippen molar-refractivity contribution in [1.29, 1.82) is 0 Å². The van der Waals surface area contributed by atoms with Crippen molar-refractivity contribution in [3.05, 3.63) is 33.9 Å². The minimum atomic E-state index is -0.568. The summed E-state index contributed by atoms with van der Waals surface area (Å²) in [7, 11) is 1.31. The maximum Gasteiger partial charge on any atom is 0.310 e. The van der Waals surface area contributed by atoms with Gasteiger partial charge in [0.1, 0.15) is 0 Å². The molecule has 0 radical (unpaired) electrons.